The Hall–Kier alpha value is -0.430. The Morgan fingerprint density at radius 3 is 2.81 bits per heavy atom. The zero-order chi connectivity index (χ0) is 12.2. The molecular formula is C9H15F3N2OS. The van der Waals surface area contributed by atoms with Gasteiger partial charge in [0.2, 0.25) is 5.91 Å². The Labute approximate surface area is 96.5 Å². The highest BCUT2D eigenvalue weighted by atomic mass is 32.2. The normalized spacial score (nSPS) is 23.9. The summed E-state index contributed by atoms with van der Waals surface area (Å²) in [6.45, 7) is 2.08. The maximum atomic E-state index is 12.0. The van der Waals surface area contributed by atoms with Gasteiger partial charge in [-0.25, -0.2) is 0 Å². The van der Waals surface area contributed by atoms with Crippen molar-refractivity contribution in [1.82, 2.24) is 10.6 Å². The lowest BCUT2D eigenvalue weighted by molar-refractivity contribution is -0.141. The maximum absolute atomic E-state index is 12.0. The average Bonchev–Trinajstić information content (AvgIpc) is 2.16. The number of rotatable bonds is 3. The number of nitrogens with one attached hydrogen (secondary N) is 2. The Balaban J connectivity index is 2.32. The van der Waals surface area contributed by atoms with Crippen molar-refractivity contribution >= 4 is 17.7 Å². The molecule has 0 aromatic heterocycles. The van der Waals surface area contributed by atoms with Crippen LogP contribution in [-0.4, -0.2) is 42.2 Å². The molecule has 2 unspecified atom stereocenters. The zero-order valence-electron chi connectivity index (χ0n) is 8.93. The molecular weight excluding hydrogens is 241 g/mol. The molecule has 0 bridgehead atoms. The summed E-state index contributed by atoms with van der Waals surface area (Å²) in [5.74, 6) is 1.20. The molecule has 1 aliphatic heterocycles. The fraction of sp³-hybridized carbons (Fsp3) is 0.889. The minimum absolute atomic E-state index is 0.344. The van der Waals surface area contributed by atoms with Crippen LogP contribution in [0.4, 0.5) is 13.2 Å². The van der Waals surface area contributed by atoms with Crippen LogP contribution in [0.15, 0.2) is 0 Å². The summed E-state index contributed by atoms with van der Waals surface area (Å²) in [5, 5.41) is 5.34. The lowest BCUT2D eigenvalue weighted by atomic mass is 10.2. The largest absolute Gasteiger partial charge is 0.391 e. The smallest absolute Gasteiger partial charge is 0.352 e. The first kappa shape index (κ1) is 13.6. The predicted octanol–water partition coefficient (Wildman–Crippen LogP) is 1.15. The summed E-state index contributed by atoms with van der Waals surface area (Å²) < 4.78 is 36.1. The number of carbonyl (C=O) groups is 1. The first-order valence-corrected chi connectivity index (χ1v) is 6.22. The highest BCUT2D eigenvalue weighted by molar-refractivity contribution is 7.99. The standard InChI is InChI=1S/C9H15F3N2OS/c1-6(4-9(10,11)12)14-8(15)7-5-16-3-2-13-7/h6-7,13H,2-5H2,1H3,(H,14,15). The maximum Gasteiger partial charge on any atom is 0.391 e. The van der Waals surface area contributed by atoms with Crippen LogP contribution >= 0.6 is 11.8 Å². The van der Waals surface area contributed by atoms with Crippen molar-refractivity contribution in [3.63, 3.8) is 0 Å². The quantitative estimate of drug-likeness (QED) is 0.796. The summed E-state index contributed by atoms with van der Waals surface area (Å²) in [6, 6.07) is -1.24. The van der Waals surface area contributed by atoms with Gasteiger partial charge in [-0.3, -0.25) is 4.79 Å². The topological polar surface area (TPSA) is 41.1 Å². The molecule has 1 rings (SSSR count). The molecule has 3 nitrogen and oxygen atoms in total. The summed E-state index contributed by atoms with van der Waals surface area (Å²) in [7, 11) is 0. The predicted molar refractivity (Wildman–Crippen MR) is 57.4 cm³/mol. The van der Waals surface area contributed by atoms with Gasteiger partial charge in [0.05, 0.1) is 12.5 Å². The lowest BCUT2D eigenvalue weighted by Gasteiger charge is -2.24. The summed E-state index contributed by atoms with van der Waals surface area (Å²) in [6.07, 6.45) is -5.22. The van der Waals surface area contributed by atoms with Crippen molar-refractivity contribution < 1.29 is 18.0 Å². The molecule has 7 heteroatoms. The summed E-state index contributed by atoms with van der Waals surface area (Å²) >= 11 is 1.63. The Morgan fingerprint density at radius 2 is 2.31 bits per heavy atom. The molecule has 0 aromatic carbocycles. The van der Waals surface area contributed by atoms with Crippen molar-refractivity contribution in [2.24, 2.45) is 0 Å². The van der Waals surface area contributed by atoms with Crippen LogP contribution in [0, 0.1) is 0 Å². The minimum Gasteiger partial charge on any atom is -0.352 e. The summed E-state index contributed by atoms with van der Waals surface area (Å²) in [4.78, 5) is 11.5. The molecule has 16 heavy (non-hydrogen) atoms. The van der Waals surface area contributed by atoms with Gasteiger partial charge < -0.3 is 10.6 Å². The third-order valence-electron chi connectivity index (χ3n) is 2.16. The first-order chi connectivity index (χ1) is 7.38. The van der Waals surface area contributed by atoms with Crippen molar-refractivity contribution in [2.75, 3.05) is 18.1 Å². The van der Waals surface area contributed by atoms with E-state index in [-0.39, 0.29) is 11.9 Å². The molecule has 0 radical (unpaired) electrons. The number of thioether (sulfide) groups is 1. The van der Waals surface area contributed by atoms with E-state index in [1.54, 1.807) is 11.8 Å². The van der Waals surface area contributed by atoms with Gasteiger partial charge in [-0.2, -0.15) is 24.9 Å². The molecule has 0 aliphatic carbocycles. The molecule has 1 heterocycles. The number of alkyl halides is 3. The van der Waals surface area contributed by atoms with E-state index >= 15 is 0 Å². The highest BCUT2D eigenvalue weighted by Gasteiger charge is 2.31. The van der Waals surface area contributed by atoms with Crippen LogP contribution in [-0.2, 0) is 4.79 Å². The van der Waals surface area contributed by atoms with E-state index in [9.17, 15) is 18.0 Å². The van der Waals surface area contributed by atoms with Crippen molar-refractivity contribution in [1.29, 1.82) is 0 Å². The third-order valence-corrected chi connectivity index (χ3v) is 3.23. The van der Waals surface area contributed by atoms with Gasteiger partial charge in [0.1, 0.15) is 0 Å². The van der Waals surface area contributed by atoms with Gasteiger partial charge in [-0.15, -0.1) is 0 Å². The van der Waals surface area contributed by atoms with Crippen molar-refractivity contribution in [3.05, 3.63) is 0 Å². The molecule has 1 fully saturated rings. The van der Waals surface area contributed by atoms with E-state index < -0.39 is 18.6 Å². The fourth-order valence-corrected chi connectivity index (χ4v) is 2.41. The van der Waals surface area contributed by atoms with Gasteiger partial charge in [-0.05, 0) is 6.92 Å². The number of hydrogen-bond acceptors (Lipinski definition) is 3. The van der Waals surface area contributed by atoms with E-state index in [1.807, 2.05) is 0 Å². The van der Waals surface area contributed by atoms with Crippen LogP contribution in [0.3, 0.4) is 0 Å². The van der Waals surface area contributed by atoms with Crippen LogP contribution in [0.1, 0.15) is 13.3 Å². The van der Waals surface area contributed by atoms with Gasteiger partial charge in [0, 0.05) is 24.1 Å². The van der Waals surface area contributed by atoms with E-state index in [0.29, 0.717) is 5.75 Å². The molecule has 0 saturated carbocycles. The Morgan fingerprint density at radius 1 is 1.62 bits per heavy atom. The third kappa shape index (κ3) is 5.07. The monoisotopic (exact) mass is 256 g/mol. The molecule has 2 N–H and O–H groups in total. The number of carbonyl (C=O) groups excluding carboxylic acids is 1. The second kappa shape index (κ2) is 5.77. The van der Waals surface area contributed by atoms with E-state index in [0.717, 1.165) is 12.3 Å². The molecule has 1 saturated heterocycles. The average molecular weight is 256 g/mol. The molecule has 0 aromatic rings. The minimum atomic E-state index is -4.23. The second-order valence-electron chi connectivity index (χ2n) is 3.81. The van der Waals surface area contributed by atoms with Crippen LogP contribution < -0.4 is 10.6 Å². The van der Waals surface area contributed by atoms with Crippen LogP contribution in [0.2, 0.25) is 0 Å². The Kier molecular flexibility index (Phi) is 4.91. The SMILES string of the molecule is CC(CC(F)(F)F)NC(=O)C1CSCCN1. The van der Waals surface area contributed by atoms with Crippen molar-refractivity contribution in [2.45, 2.75) is 31.6 Å². The lowest BCUT2D eigenvalue weighted by Crippen LogP contribution is -2.51. The Bertz CT molecular complexity index is 241. The fourth-order valence-electron chi connectivity index (χ4n) is 1.48. The van der Waals surface area contributed by atoms with Crippen LogP contribution in [0.25, 0.3) is 0 Å². The van der Waals surface area contributed by atoms with E-state index in [1.165, 1.54) is 6.92 Å². The van der Waals surface area contributed by atoms with Gasteiger partial charge >= 0.3 is 6.18 Å². The molecule has 0 spiro atoms. The number of halogens is 3. The van der Waals surface area contributed by atoms with Gasteiger partial charge in [0.15, 0.2) is 0 Å². The van der Waals surface area contributed by atoms with E-state index in [4.69, 9.17) is 0 Å². The summed E-state index contributed by atoms with van der Waals surface area (Å²) in [5.41, 5.74) is 0. The molecule has 1 aliphatic rings. The van der Waals surface area contributed by atoms with E-state index in [2.05, 4.69) is 10.6 Å². The first-order valence-electron chi connectivity index (χ1n) is 5.07. The second-order valence-corrected chi connectivity index (χ2v) is 4.96. The zero-order valence-corrected chi connectivity index (χ0v) is 9.75. The highest BCUT2D eigenvalue weighted by Crippen LogP contribution is 2.21. The van der Waals surface area contributed by atoms with Gasteiger partial charge in [0.25, 0.3) is 0 Å². The van der Waals surface area contributed by atoms with Crippen molar-refractivity contribution in [3.8, 4) is 0 Å². The van der Waals surface area contributed by atoms with Gasteiger partial charge in [-0.1, -0.05) is 0 Å². The number of hydrogen-bond donors (Lipinski definition) is 2. The number of amides is 1. The van der Waals surface area contributed by atoms with Crippen LogP contribution in [0.5, 0.6) is 0 Å². The molecule has 1 amide bonds. The molecule has 94 valence electrons. The molecule has 2 atom stereocenters.